The van der Waals surface area contributed by atoms with Gasteiger partial charge in [-0.25, -0.2) is 0 Å². The van der Waals surface area contributed by atoms with Gasteiger partial charge in [-0.05, 0) is 73.6 Å². The lowest BCUT2D eigenvalue weighted by Crippen LogP contribution is -2.23. The normalized spacial score (nSPS) is 13.4. The van der Waals surface area contributed by atoms with Crippen molar-refractivity contribution < 1.29 is 14.3 Å². The quantitative estimate of drug-likeness (QED) is 0.282. The van der Waals surface area contributed by atoms with E-state index in [0.717, 1.165) is 25.7 Å². The van der Waals surface area contributed by atoms with E-state index < -0.39 is 11.9 Å². The topological polar surface area (TPSA) is 43.4 Å². The molecule has 0 aliphatic rings. The van der Waals surface area contributed by atoms with E-state index in [-0.39, 0.29) is 5.78 Å². The monoisotopic (exact) mass is 334 g/mol. The molecule has 3 nitrogen and oxygen atoms in total. The first-order valence-electron chi connectivity index (χ1n) is 8.89. The minimum absolute atomic E-state index is 0.132. The molecule has 0 aromatic carbocycles. The molecule has 136 valence electrons. The van der Waals surface area contributed by atoms with Crippen molar-refractivity contribution in [2.45, 2.75) is 73.6 Å². The van der Waals surface area contributed by atoms with E-state index >= 15 is 0 Å². The van der Waals surface area contributed by atoms with Gasteiger partial charge in [0.05, 0.1) is 6.61 Å². The van der Waals surface area contributed by atoms with Crippen LogP contribution in [0.4, 0.5) is 0 Å². The second-order valence-electron chi connectivity index (χ2n) is 6.61. The molecule has 1 unspecified atom stereocenters. The molecule has 1 atom stereocenters. The third-order valence-electron chi connectivity index (χ3n) is 3.89. The van der Waals surface area contributed by atoms with Crippen LogP contribution in [-0.4, -0.2) is 18.4 Å². The van der Waals surface area contributed by atoms with Crippen molar-refractivity contribution in [2.75, 3.05) is 6.61 Å². The summed E-state index contributed by atoms with van der Waals surface area (Å²) in [5, 5.41) is 0. The molecule has 0 aliphatic carbocycles. The molecule has 0 heterocycles. The van der Waals surface area contributed by atoms with Gasteiger partial charge in [0, 0.05) is 0 Å². The first kappa shape index (κ1) is 22.4. The fourth-order valence-corrected chi connectivity index (χ4v) is 2.33. The van der Waals surface area contributed by atoms with Crippen LogP contribution in [0.1, 0.15) is 73.6 Å². The standard InChI is InChI=1S/C21H34O3/c1-7-24-21(23)20(19(6)22)15-14-18(5)13-9-12-17(4)11-8-10-16(2)3/h10,12,14,20H,7-9,11,13,15H2,1-6H3/b17-12+,18-14+. The van der Waals surface area contributed by atoms with Crippen molar-refractivity contribution in [1.82, 2.24) is 0 Å². The molecule has 0 saturated carbocycles. The van der Waals surface area contributed by atoms with Gasteiger partial charge in [0.2, 0.25) is 0 Å². The van der Waals surface area contributed by atoms with Crippen LogP contribution in [-0.2, 0) is 14.3 Å². The number of Topliss-reactive ketones (excluding diaryl/α,β-unsaturated/α-hetero) is 1. The summed E-state index contributed by atoms with van der Waals surface area (Å²) in [7, 11) is 0. The third kappa shape index (κ3) is 11.0. The third-order valence-corrected chi connectivity index (χ3v) is 3.89. The number of esters is 1. The van der Waals surface area contributed by atoms with E-state index in [1.165, 1.54) is 23.6 Å². The summed E-state index contributed by atoms with van der Waals surface area (Å²) >= 11 is 0. The molecule has 0 bridgehead atoms. The maximum Gasteiger partial charge on any atom is 0.316 e. The van der Waals surface area contributed by atoms with E-state index in [0.29, 0.717) is 13.0 Å². The lowest BCUT2D eigenvalue weighted by atomic mass is 9.98. The van der Waals surface area contributed by atoms with Gasteiger partial charge in [-0.3, -0.25) is 9.59 Å². The van der Waals surface area contributed by atoms with Gasteiger partial charge >= 0.3 is 5.97 Å². The van der Waals surface area contributed by atoms with Crippen molar-refractivity contribution in [3.63, 3.8) is 0 Å². The lowest BCUT2D eigenvalue weighted by molar-refractivity contribution is -0.150. The number of hydrogen-bond acceptors (Lipinski definition) is 3. The molecule has 0 aromatic rings. The summed E-state index contributed by atoms with van der Waals surface area (Å²) < 4.78 is 4.96. The number of rotatable bonds is 11. The van der Waals surface area contributed by atoms with Gasteiger partial charge in [0.15, 0.2) is 0 Å². The molecule has 0 aromatic heterocycles. The first-order valence-corrected chi connectivity index (χ1v) is 8.89. The second-order valence-corrected chi connectivity index (χ2v) is 6.61. The smallest absolute Gasteiger partial charge is 0.316 e. The van der Waals surface area contributed by atoms with Crippen molar-refractivity contribution in [1.29, 1.82) is 0 Å². The van der Waals surface area contributed by atoms with Crippen LogP contribution in [0.3, 0.4) is 0 Å². The summed E-state index contributed by atoms with van der Waals surface area (Å²) in [5.74, 6) is -1.21. The molecular formula is C21H34O3. The maximum atomic E-state index is 11.8. The van der Waals surface area contributed by atoms with E-state index in [4.69, 9.17) is 4.74 Å². The zero-order valence-electron chi connectivity index (χ0n) is 16.3. The molecule has 0 saturated heterocycles. The van der Waals surface area contributed by atoms with Crippen molar-refractivity contribution in [3.8, 4) is 0 Å². The maximum absolute atomic E-state index is 11.8. The highest BCUT2D eigenvalue weighted by Gasteiger charge is 2.23. The van der Waals surface area contributed by atoms with Crippen molar-refractivity contribution >= 4 is 11.8 Å². The van der Waals surface area contributed by atoms with Gasteiger partial charge in [0.1, 0.15) is 11.7 Å². The van der Waals surface area contributed by atoms with Crippen LogP contribution in [0.25, 0.3) is 0 Å². The number of hydrogen-bond donors (Lipinski definition) is 0. The zero-order chi connectivity index (χ0) is 18.5. The van der Waals surface area contributed by atoms with E-state index in [9.17, 15) is 9.59 Å². The van der Waals surface area contributed by atoms with Crippen molar-refractivity contribution in [3.05, 3.63) is 34.9 Å². The zero-order valence-corrected chi connectivity index (χ0v) is 16.3. The molecule has 0 fully saturated rings. The molecule has 0 N–H and O–H groups in total. The highest BCUT2D eigenvalue weighted by atomic mass is 16.5. The second kappa shape index (κ2) is 12.7. The summed E-state index contributed by atoms with van der Waals surface area (Å²) in [6, 6.07) is 0. The molecular weight excluding hydrogens is 300 g/mol. The van der Waals surface area contributed by atoms with E-state index in [1.807, 2.05) is 6.08 Å². The highest BCUT2D eigenvalue weighted by Crippen LogP contribution is 2.15. The van der Waals surface area contributed by atoms with Crippen LogP contribution in [0.5, 0.6) is 0 Å². The molecule has 0 amide bonds. The average molecular weight is 335 g/mol. The Morgan fingerprint density at radius 1 is 0.875 bits per heavy atom. The molecule has 0 radical (unpaired) electrons. The van der Waals surface area contributed by atoms with Crippen molar-refractivity contribution in [2.24, 2.45) is 5.92 Å². The molecule has 24 heavy (non-hydrogen) atoms. The van der Waals surface area contributed by atoms with Gasteiger partial charge in [-0.15, -0.1) is 0 Å². The Bertz CT molecular complexity index is 491. The Balaban J connectivity index is 4.36. The minimum Gasteiger partial charge on any atom is -0.465 e. The lowest BCUT2D eigenvalue weighted by Gasteiger charge is -2.10. The Hall–Kier alpha value is -1.64. The Labute approximate surface area is 147 Å². The van der Waals surface area contributed by atoms with Crippen LogP contribution in [0.15, 0.2) is 34.9 Å². The number of carbonyl (C=O) groups excluding carboxylic acids is 2. The average Bonchev–Trinajstić information content (AvgIpc) is 2.46. The van der Waals surface area contributed by atoms with E-state index in [2.05, 4.69) is 39.8 Å². The van der Waals surface area contributed by atoms with Crippen LogP contribution >= 0.6 is 0 Å². The number of allylic oxidation sites excluding steroid dienone is 6. The molecule has 0 rings (SSSR count). The summed E-state index contributed by atoms with van der Waals surface area (Å²) in [4.78, 5) is 23.3. The van der Waals surface area contributed by atoms with Gasteiger partial charge in [-0.1, -0.05) is 34.9 Å². The van der Waals surface area contributed by atoms with Gasteiger partial charge in [0.25, 0.3) is 0 Å². The van der Waals surface area contributed by atoms with Crippen LogP contribution in [0, 0.1) is 5.92 Å². The predicted octanol–water partition coefficient (Wildman–Crippen LogP) is 5.56. The van der Waals surface area contributed by atoms with Crippen LogP contribution < -0.4 is 0 Å². The summed E-state index contributed by atoms with van der Waals surface area (Å²) in [5.41, 5.74) is 3.98. The molecule has 0 spiro atoms. The van der Waals surface area contributed by atoms with Gasteiger partial charge in [-0.2, -0.15) is 0 Å². The number of ketones is 1. The number of ether oxygens (including phenoxy) is 1. The molecule has 0 aliphatic heterocycles. The summed E-state index contributed by atoms with van der Waals surface area (Å²) in [6.07, 6.45) is 11.1. The Morgan fingerprint density at radius 3 is 1.92 bits per heavy atom. The van der Waals surface area contributed by atoms with E-state index in [1.54, 1.807) is 6.92 Å². The molecule has 3 heteroatoms. The fourth-order valence-electron chi connectivity index (χ4n) is 2.33. The minimum atomic E-state index is -0.666. The number of carbonyl (C=O) groups is 2. The summed E-state index contributed by atoms with van der Waals surface area (Å²) in [6.45, 7) is 12.0. The predicted molar refractivity (Wildman–Crippen MR) is 101 cm³/mol. The Kier molecular flexibility index (Phi) is 11.9. The largest absolute Gasteiger partial charge is 0.465 e. The van der Waals surface area contributed by atoms with Crippen LogP contribution in [0.2, 0.25) is 0 Å². The fraction of sp³-hybridized carbons (Fsp3) is 0.619. The first-order chi connectivity index (χ1) is 11.3. The SMILES string of the molecule is CCOC(=O)C(C/C=C(\C)CC/C=C(\C)CCC=C(C)C)C(C)=O. The Morgan fingerprint density at radius 2 is 1.42 bits per heavy atom. The highest BCUT2D eigenvalue weighted by molar-refractivity contribution is 5.97. The van der Waals surface area contributed by atoms with Gasteiger partial charge < -0.3 is 4.74 Å².